The third-order valence-electron chi connectivity index (χ3n) is 6.82. The second-order valence-corrected chi connectivity index (χ2v) is 9.21. The number of urea groups is 1. The van der Waals surface area contributed by atoms with E-state index in [1.165, 1.54) is 11.1 Å². The number of benzene rings is 2. The largest absolute Gasteiger partial charge is 0.323 e. The molecule has 2 aliphatic rings. The molecular weight excluding hydrogens is 420 g/mol. The number of aromatic nitrogens is 1. The third-order valence-corrected chi connectivity index (χ3v) is 6.82. The fourth-order valence-electron chi connectivity index (χ4n) is 4.80. The average molecular weight is 451 g/mol. The molecule has 0 aliphatic carbocycles. The Morgan fingerprint density at radius 3 is 2.50 bits per heavy atom. The van der Waals surface area contributed by atoms with E-state index in [9.17, 15) is 4.79 Å². The first kappa shape index (κ1) is 22.2. The molecule has 2 fully saturated rings. The van der Waals surface area contributed by atoms with Crippen LogP contribution in [0.1, 0.15) is 41.1 Å². The van der Waals surface area contributed by atoms with Crippen molar-refractivity contribution in [3.8, 4) is 11.8 Å². The van der Waals surface area contributed by atoms with Crippen LogP contribution in [0.15, 0.2) is 72.9 Å². The average Bonchev–Trinajstić information content (AvgIpc) is 2.85. The highest BCUT2D eigenvalue weighted by molar-refractivity contribution is 5.89. The molecule has 2 aromatic carbocycles. The second-order valence-electron chi connectivity index (χ2n) is 9.21. The number of amides is 2. The van der Waals surface area contributed by atoms with Crippen molar-refractivity contribution < 1.29 is 4.79 Å². The molecule has 2 aliphatic heterocycles. The Hall–Kier alpha value is -3.62. The van der Waals surface area contributed by atoms with Crippen LogP contribution in [0.4, 0.5) is 10.5 Å². The first-order valence-corrected chi connectivity index (χ1v) is 12.1. The number of nitrogens with zero attached hydrogens (tertiary/aromatic N) is 3. The fourth-order valence-corrected chi connectivity index (χ4v) is 4.80. The second kappa shape index (κ2) is 10.1. The molecule has 2 amide bonds. The maximum atomic E-state index is 13.0. The zero-order chi connectivity index (χ0) is 23.3. The van der Waals surface area contributed by atoms with Crippen molar-refractivity contribution in [2.45, 2.75) is 31.7 Å². The molecule has 1 N–H and O–H groups in total. The normalized spacial score (nSPS) is 20.1. The Kier molecular flexibility index (Phi) is 6.60. The Balaban J connectivity index is 1.25. The van der Waals surface area contributed by atoms with Crippen LogP contribution in [0.25, 0.3) is 0 Å². The molecule has 0 bridgehead atoms. The number of hydrogen-bond donors (Lipinski definition) is 1. The van der Waals surface area contributed by atoms with Gasteiger partial charge in [0.25, 0.3) is 0 Å². The highest BCUT2D eigenvalue weighted by atomic mass is 16.2. The van der Waals surface area contributed by atoms with Gasteiger partial charge in [-0.3, -0.25) is 4.90 Å². The minimum Gasteiger partial charge on any atom is -0.323 e. The van der Waals surface area contributed by atoms with Gasteiger partial charge < -0.3 is 10.2 Å². The SMILES string of the molecule is Cc1ccc(NC(=O)N2CCCCN3C[C@H](c4ccc(C#Cc5ccccn5)cc4)[C@@H]3C2)cc1. The molecule has 3 heterocycles. The summed E-state index contributed by atoms with van der Waals surface area (Å²) in [4.78, 5) is 21.8. The van der Waals surface area contributed by atoms with Gasteiger partial charge in [0.15, 0.2) is 0 Å². The molecule has 34 heavy (non-hydrogen) atoms. The first-order valence-electron chi connectivity index (χ1n) is 12.1. The van der Waals surface area contributed by atoms with Gasteiger partial charge in [0.1, 0.15) is 5.69 Å². The summed E-state index contributed by atoms with van der Waals surface area (Å²) in [6, 6.07) is 22.7. The molecule has 5 heteroatoms. The van der Waals surface area contributed by atoms with Gasteiger partial charge in [-0.05, 0) is 74.2 Å². The van der Waals surface area contributed by atoms with Gasteiger partial charge in [-0.1, -0.05) is 41.8 Å². The maximum absolute atomic E-state index is 13.0. The highest BCUT2D eigenvalue weighted by Gasteiger charge is 2.41. The van der Waals surface area contributed by atoms with E-state index in [-0.39, 0.29) is 6.03 Å². The number of pyridine rings is 1. The van der Waals surface area contributed by atoms with E-state index in [2.05, 4.69) is 58.2 Å². The van der Waals surface area contributed by atoms with E-state index in [1.54, 1.807) is 6.20 Å². The van der Waals surface area contributed by atoms with E-state index < -0.39 is 0 Å². The molecule has 5 nitrogen and oxygen atoms in total. The molecular formula is C29H30N4O. The summed E-state index contributed by atoms with van der Waals surface area (Å²) in [6.07, 6.45) is 3.92. The van der Waals surface area contributed by atoms with Crippen LogP contribution in [0.3, 0.4) is 0 Å². The molecule has 0 spiro atoms. The zero-order valence-electron chi connectivity index (χ0n) is 19.6. The highest BCUT2D eigenvalue weighted by Crippen LogP contribution is 2.36. The van der Waals surface area contributed by atoms with Crippen molar-refractivity contribution in [2.75, 3.05) is 31.5 Å². The molecule has 172 valence electrons. The summed E-state index contributed by atoms with van der Waals surface area (Å²) < 4.78 is 0. The van der Waals surface area contributed by atoms with Crippen molar-refractivity contribution in [1.29, 1.82) is 0 Å². The van der Waals surface area contributed by atoms with Gasteiger partial charge in [0, 0.05) is 49.0 Å². The molecule has 5 rings (SSSR count). The number of anilines is 1. The van der Waals surface area contributed by atoms with Crippen molar-refractivity contribution in [3.63, 3.8) is 0 Å². The van der Waals surface area contributed by atoms with Gasteiger partial charge in [-0.15, -0.1) is 0 Å². The number of carbonyl (C=O) groups excluding carboxylic acids is 1. The van der Waals surface area contributed by atoms with Crippen LogP contribution in [-0.4, -0.2) is 53.0 Å². The Labute approximate surface area is 201 Å². The molecule has 0 saturated carbocycles. The van der Waals surface area contributed by atoms with Gasteiger partial charge in [-0.2, -0.15) is 0 Å². The standard InChI is InChI=1S/C29H30N4O/c1-22-7-14-26(15-8-22)31-29(34)33-19-5-4-18-32-20-27(28(32)21-33)24-12-9-23(10-13-24)11-16-25-6-2-3-17-30-25/h2-3,6-10,12-15,17,27-28H,4-5,18-21H2,1H3,(H,31,34)/t27-,28+/m1/s1. The van der Waals surface area contributed by atoms with Crippen molar-refractivity contribution >= 4 is 11.7 Å². The predicted molar refractivity (Wildman–Crippen MR) is 136 cm³/mol. The minimum atomic E-state index is -0.00324. The number of nitrogens with one attached hydrogen (secondary N) is 1. The third kappa shape index (κ3) is 5.13. The number of carbonyl (C=O) groups is 1. The monoisotopic (exact) mass is 450 g/mol. The van der Waals surface area contributed by atoms with E-state index in [0.717, 1.165) is 56.0 Å². The molecule has 0 radical (unpaired) electrons. The Bertz CT molecular complexity index is 1180. The fraction of sp³-hybridized carbons (Fsp3) is 0.310. The van der Waals surface area contributed by atoms with E-state index in [0.29, 0.717) is 12.0 Å². The number of hydrogen-bond acceptors (Lipinski definition) is 3. The lowest BCUT2D eigenvalue weighted by Gasteiger charge is -2.51. The molecule has 0 unspecified atom stereocenters. The van der Waals surface area contributed by atoms with Gasteiger partial charge in [0.2, 0.25) is 0 Å². The Morgan fingerprint density at radius 1 is 0.941 bits per heavy atom. The van der Waals surface area contributed by atoms with Gasteiger partial charge in [0.05, 0.1) is 0 Å². The number of rotatable bonds is 2. The molecule has 1 aromatic heterocycles. The zero-order valence-corrected chi connectivity index (χ0v) is 19.6. The first-order chi connectivity index (χ1) is 16.7. The summed E-state index contributed by atoms with van der Waals surface area (Å²) >= 11 is 0. The van der Waals surface area contributed by atoms with Crippen LogP contribution < -0.4 is 5.32 Å². The smallest absolute Gasteiger partial charge is 0.321 e. The van der Waals surface area contributed by atoms with E-state index in [1.807, 2.05) is 47.4 Å². The lowest BCUT2D eigenvalue weighted by atomic mass is 9.81. The van der Waals surface area contributed by atoms with Gasteiger partial charge in [-0.25, -0.2) is 9.78 Å². The maximum Gasteiger partial charge on any atom is 0.321 e. The summed E-state index contributed by atoms with van der Waals surface area (Å²) in [6.45, 7) is 5.77. The number of fused-ring (bicyclic) bond motifs is 1. The van der Waals surface area contributed by atoms with Crippen molar-refractivity contribution in [3.05, 3.63) is 95.3 Å². The van der Waals surface area contributed by atoms with Crippen LogP contribution >= 0.6 is 0 Å². The van der Waals surface area contributed by atoms with Crippen LogP contribution in [-0.2, 0) is 0 Å². The lowest BCUT2D eigenvalue weighted by molar-refractivity contribution is 0.0272. The van der Waals surface area contributed by atoms with Crippen LogP contribution in [0.2, 0.25) is 0 Å². The molecule has 2 atom stereocenters. The summed E-state index contributed by atoms with van der Waals surface area (Å²) in [5.74, 6) is 6.76. The van der Waals surface area contributed by atoms with Crippen LogP contribution in [0, 0.1) is 18.8 Å². The summed E-state index contributed by atoms with van der Waals surface area (Å²) in [7, 11) is 0. The van der Waals surface area contributed by atoms with Crippen molar-refractivity contribution in [2.24, 2.45) is 0 Å². The number of aryl methyl sites for hydroxylation is 1. The minimum absolute atomic E-state index is 0.00324. The molecule has 2 saturated heterocycles. The van der Waals surface area contributed by atoms with E-state index in [4.69, 9.17) is 0 Å². The van der Waals surface area contributed by atoms with Crippen LogP contribution in [0.5, 0.6) is 0 Å². The quantitative estimate of drug-likeness (QED) is 0.566. The van der Waals surface area contributed by atoms with Gasteiger partial charge >= 0.3 is 6.03 Å². The van der Waals surface area contributed by atoms with E-state index >= 15 is 0 Å². The Morgan fingerprint density at radius 2 is 1.74 bits per heavy atom. The lowest BCUT2D eigenvalue weighted by Crippen LogP contribution is -2.61. The van der Waals surface area contributed by atoms with Crippen molar-refractivity contribution in [1.82, 2.24) is 14.8 Å². The predicted octanol–water partition coefficient (Wildman–Crippen LogP) is 4.89. The molecule has 3 aromatic rings. The topological polar surface area (TPSA) is 48.5 Å². The summed E-state index contributed by atoms with van der Waals surface area (Å²) in [5.41, 5.74) is 5.12. The summed E-state index contributed by atoms with van der Waals surface area (Å²) in [5, 5.41) is 3.08.